The minimum Gasteiger partial charge on any atom is -0.479 e. The van der Waals surface area contributed by atoms with Crippen LogP contribution in [-0.2, 0) is 20.8 Å². The molecule has 122 valence electrons. The molecule has 1 amide bonds. The smallest absolute Gasteiger partial charge is 0.339 e. The minimum atomic E-state index is -1.10. The molecule has 0 saturated heterocycles. The monoisotopic (exact) mass is 352 g/mol. The summed E-state index contributed by atoms with van der Waals surface area (Å²) in [4.78, 5) is 34.4. The molecule has 1 atom stereocenters. The number of hydrazone groups is 1. The summed E-state index contributed by atoms with van der Waals surface area (Å²) in [6.07, 6.45) is 0.567. The molecule has 0 saturated carbocycles. The lowest BCUT2D eigenvalue weighted by molar-refractivity contribution is -0.145. The molecule has 1 aliphatic heterocycles. The minimum absolute atomic E-state index is 0.0725. The van der Waals surface area contributed by atoms with Crippen molar-refractivity contribution in [3.05, 3.63) is 35.9 Å². The van der Waals surface area contributed by atoms with Crippen LogP contribution in [0.5, 0.6) is 0 Å². The van der Waals surface area contributed by atoms with Crippen LogP contribution in [0, 0.1) is 0 Å². The maximum atomic E-state index is 12.2. The van der Waals surface area contributed by atoms with E-state index in [2.05, 4.69) is 5.10 Å². The van der Waals surface area contributed by atoms with Crippen molar-refractivity contribution in [2.45, 2.75) is 25.1 Å². The quantitative estimate of drug-likeness (QED) is 0.844. The normalized spacial score (nSPS) is 17.0. The van der Waals surface area contributed by atoms with Crippen LogP contribution in [0.3, 0.4) is 0 Å². The van der Waals surface area contributed by atoms with Crippen LogP contribution >= 0.6 is 23.5 Å². The first-order valence-corrected chi connectivity index (χ1v) is 8.80. The molecule has 23 heavy (non-hydrogen) atoms. The molecule has 1 aromatic carbocycles. The molecule has 1 N–H and O–H groups in total. The fourth-order valence-electron chi connectivity index (χ4n) is 1.96. The fraction of sp³-hybridized carbons (Fsp3) is 0.333. The largest absolute Gasteiger partial charge is 0.479 e. The standard InChI is InChI=1S/C15H16N2O4S2/c1-10(18)22-8-7-13(19)17-14(15(20)21)23-12(16-17)9-11-5-3-2-4-6-11/h2-6,14H,7-9H2,1H3,(H,20,21). The van der Waals surface area contributed by atoms with E-state index < -0.39 is 11.3 Å². The van der Waals surface area contributed by atoms with Crippen LogP contribution in [0.2, 0.25) is 0 Å². The van der Waals surface area contributed by atoms with Gasteiger partial charge in [0.05, 0.1) is 0 Å². The third-order valence-corrected chi connectivity index (χ3v) is 4.91. The van der Waals surface area contributed by atoms with Gasteiger partial charge in [0.1, 0.15) is 5.04 Å². The van der Waals surface area contributed by atoms with Gasteiger partial charge in [0.2, 0.25) is 11.3 Å². The van der Waals surface area contributed by atoms with Crippen molar-refractivity contribution in [3.8, 4) is 0 Å². The van der Waals surface area contributed by atoms with Crippen LogP contribution in [0.15, 0.2) is 35.4 Å². The summed E-state index contributed by atoms with van der Waals surface area (Å²) in [7, 11) is 0. The number of benzene rings is 1. The van der Waals surface area contributed by atoms with E-state index in [1.54, 1.807) is 0 Å². The van der Waals surface area contributed by atoms with Gasteiger partial charge >= 0.3 is 5.97 Å². The highest BCUT2D eigenvalue weighted by molar-refractivity contribution is 8.15. The second-order valence-electron chi connectivity index (χ2n) is 4.79. The molecule has 2 rings (SSSR count). The number of carboxylic acids is 1. The van der Waals surface area contributed by atoms with Crippen LogP contribution in [0.1, 0.15) is 18.9 Å². The second-order valence-corrected chi connectivity index (χ2v) is 7.22. The van der Waals surface area contributed by atoms with Gasteiger partial charge in [-0.1, -0.05) is 53.9 Å². The SMILES string of the molecule is CC(=O)SCCC(=O)N1N=C(Cc2ccccc2)SC1C(=O)O. The van der Waals surface area contributed by atoms with Gasteiger partial charge in [-0.05, 0) is 5.56 Å². The zero-order valence-electron chi connectivity index (χ0n) is 12.5. The molecule has 0 aromatic heterocycles. The van der Waals surface area contributed by atoms with Crippen molar-refractivity contribution in [2.24, 2.45) is 5.10 Å². The summed E-state index contributed by atoms with van der Waals surface area (Å²) in [5.41, 5.74) is 1.00. The molecule has 0 aliphatic carbocycles. The van der Waals surface area contributed by atoms with Crippen LogP contribution in [0.4, 0.5) is 0 Å². The van der Waals surface area contributed by atoms with Gasteiger partial charge in [-0.15, -0.1) is 0 Å². The van der Waals surface area contributed by atoms with Crippen LogP contribution in [0.25, 0.3) is 0 Å². The van der Waals surface area contributed by atoms with E-state index in [1.165, 1.54) is 6.92 Å². The van der Waals surface area contributed by atoms with Gasteiger partial charge in [-0.3, -0.25) is 9.59 Å². The lowest BCUT2D eigenvalue weighted by atomic mass is 10.2. The highest BCUT2D eigenvalue weighted by Gasteiger charge is 2.37. The number of carbonyl (C=O) groups is 3. The number of carboxylic acid groups (broad SMARTS) is 1. The van der Waals surface area contributed by atoms with Crippen LogP contribution < -0.4 is 0 Å². The highest BCUT2D eigenvalue weighted by atomic mass is 32.2. The summed E-state index contributed by atoms with van der Waals surface area (Å²) in [5, 5.41) is 14.0. The number of hydrogen-bond acceptors (Lipinski definition) is 6. The van der Waals surface area contributed by atoms with E-state index in [1.807, 2.05) is 30.3 Å². The topological polar surface area (TPSA) is 87.0 Å². The first-order valence-electron chi connectivity index (χ1n) is 6.93. The predicted octanol–water partition coefficient (Wildman–Crippen LogP) is 2.20. The lowest BCUT2D eigenvalue weighted by Crippen LogP contribution is -2.36. The number of amides is 1. The van der Waals surface area contributed by atoms with E-state index in [4.69, 9.17) is 0 Å². The van der Waals surface area contributed by atoms with Crippen molar-refractivity contribution in [1.82, 2.24) is 5.01 Å². The van der Waals surface area contributed by atoms with Crippen molar-refractivity contribution in [3.63, 3.8) is 0 Å². The van der Waals surface area contributed by atoms with Gasteiger partial charge in [0.25, 0.3) is 0 Å². The Morgan fingerprint density at radius 1 is 1.30 bits per heavy atom. The molecule has 1 aliphatic rings. The average molecular weight is 352 g/mol. The Balaban J connectivity index is 2.03. The number of hydrogen-bond donors (Lipinski definition) is 1. The third-order valence-electron chi connectivity index (χ3n) is 2.98. The van der Waals surface area contributed by atoms with E-state index in [0.717, 1.165) is 34.1 Å². The fourth-order valence-corrected chi connectivity index (χ4v) is 3.53. The molecule has 0 fully saturated rings. The summed E-state index contributed by atoms with van der Waals surface area (Å²) in [6, 6.07) is 9.54. The lowest BCUT2D eigenvalue weighted by Gasteiger charge is -2.16. The number of thioether (sulfide) groups is 2. The van der Waals surface area contributed by atoms with Gasteiger partial charge in [0.15, 0.2) is 5.12 Å². The summed E-state index contributed by atoms with van der Waals surface area (Å²) in [6.45, 7) is 1.43. The van der Waals surface area contributed by atoms with E-state index in [0.29, 0.717) is 17.2 Å². The molecule has 1 unspecified atom stereocenters. The van der Waals surface area contributed by atoms with Gasteiger partial charge in [-0.25, -0.2) is 9.80 Å². The van der Waals surface area contributed by atoms with E-state index >= 15 is 0 Å². The third kappa shape index (κ3) is 5.11. The zero-order chi connectivity index (χ0) is 16.8. The number of aliphatic carboxylic acids is 1. The van der Waals surface area contributed by atoms with E-state index in [9.17, 15) is 19.5 Å². The highest BCUT2D eigenvalue weighted by Crippen LogP contribution is 2.29. The van der Waals surface area contributed by atoms with Crippen molar-refractivity contribution in [1.29, 1.82) is 0 Å². The molecule has 0 bridgehead atoms. The van der Waals surface area contributed by atoms with E-state index in [-0.39, 0.29) is 17.4 Å². The number of carbonyl (C=O) groups excluding carboxylic acids is 2. The molecular weight excluding hydrogens is 336 g/mol. The molecule has 8 heteroatoms. The molecule has 0 radical (unpaired) electrons. The molecule has 1 heterocycles. The first-order chi connectivity index (χ1) is 11.0. The zero-order valence-corrected chi connectivity index (χ0v) is 14.1. The maximum absolute atomic E-state index is 12.2. The Kier molecular flexibility index (Phi) is 6.23. The Morgan fingerprint density at radius 2 is 2.00 bits per heavy atom. The summed E-state index contributed by atoms with van der Waals surface area (Å²) in [5.74, 6) is -1.17. The van der Waals surface area contributed by atoms with Crippen molar-refractivity contribution < 1.29 is 19.5 Å². The first kappa shape index (κ1) is 17.6. The molecule has 6 nitrogen and oxygen atoms in total. The Bertz CT molecular complexity index is 634. The van der Waals surface area contributed by atoms with Crippen LogP contribution in [-0.4, -0.2) is 43.3 Å². The van der Waals surface area contributed by atoms with Crippen molar-refractivity contribution in [2.75, 3.05) is 5.75 Å². The molecule has 0 spiro atoms. The average Bonchev–Trinajstić information content (AvgIpc) is 2.92. The summed E-state index contributed by atoms with van der Waals surface area (Å²) < 4.78 is 0. The van der Waals surface area contributed by atoms with Gasteiger partial charge in [0, 0.05) is 25.5 Å². The maximum Gasteiger partial charge on any atom is 0.339 e. The van der Waals surface area contributed by atoms with Gasteiger partial charge < -0.3 is 5.11 Å². The Hall–Kier alpha value is -1.80. The summed E-state index contributed by atoms with van der Waals surface area (Å²) >= 11 is 2.11. The molecule has 1 aromatic rings. The molecular formula is C15H16N2O4S2. The second kappa shape index (κ2) is 8.16. The Labute approximate surface area is 142 Å². The predicted molar refractivity (Wildman–Crippen MR) is 91.2 cm³/mol. The van der Waals surface area contributed by atoms with Crippen molar-refractivity contribution >= 4 is 45.6 Å². The number of rotatable bonds is 6. The van der Waals surface area contributed by atoms with Gasteiger partial charge in [-0.2, -0.15) is 5.10 Å². The Morgan fingerprint density at radius 3 is 2.61 bits per heavy atom. The number of nitrogens with zero attached hydrogens (tertiary/aromatic N) is 2.